The van der Waals surface area contributed by atoms with Gasteiger partial charge in [0.15, 0.2) is 0 Å². The Hall–Kier alpha value is -1.63. The quantitative estimate of drug-likeness (QED) is 0.431. The SMILES string of the molecule is O=[N+]([O-])c1ccc(OB(O)F)cc1. The van der Waals surface area contributed by atoms with Crippen molar-refractivity contribution in [2.75, 3.05) is 0 Å². The molecule has 0 amide bonds. The average molecular weight is 185 g/mol. The Balaban J connectivity index is 2.75. The molecule has 1 N–H and O–H groups in total. The van der Waals surface area contributed by atoms with Crippen molar-refractivity contribution in [1.29, 1.82) is 0 Å². The summed E-state index contributed by atoms with van der Waals surface area (Å²) in [4.78, 5) is 9.59. The maximum Gasteiger partial charge on any atom is 0.751 e. The molecule has 0 spiro atoms. The predicted molar refractivity (Wildman–Crippen MR) is 42.8 cm³/mol. The maximum atomic E-state index is 11.8. The van der Waals surface area contributed by atoms with Gasteiger partial charge in [-0.1, -0.05) is 0 Å². The van der Waals surface area contributed by atoms with E-state index in [-0.39, 0.29) is 11.4 Å². The van der Waals surface area contributed by atoms with Crippen molar-refractivity contribution in [1.82, 2.24) is 0 Å². The molecule has 5 nitrogen and oxygen atoms in total. The molecule has 0 saturated carbocycles. The van der Waals surface area contributed by atoms with Crippen LogP contribution in [-0.2, 0) is 0 Å². The van der Waals surface area contributed by atoms with E-state index in [1.165, 1.54) is 12.1 Å². The Labute approximate surface area is 73.1 Å². The van der Waals surface area contributed by atoms with Gasteiger partial charge in [0, 0.05) is 12.1 Å². The Bertz CT molecular complexity index is 302. The fourth-order valence-corrected chi connectivity index (χ4v) is 0.759. The number of halogens is 1. The summed E-state index contributed by atoms with van der Waals surface area (Å²) < 4.78 is 16.1. The zero-order chi connectivity index (χ0) is 9.84. The summed E-state index contributed by atoms with van der Waals surface area (Å²) in [6.07, 6.45) is 0. The Morgan fingerprint density at radius 1 is 1.46 bits per heavy atom. The van der Waals surface area contributed by atoms with Gasteiger partial charge in [-0.05, 0) is 12.1 Å². The molecular weight excluding hydrogens is 180 g/mol. The molecule has 0 atom stereocenters. The van der Waals surface area contributed by atoms with E-state index in [1.807, 2.05) is 0 Å². The summed E-state index contributed by atoms with van der Waals surface area (Å²) in [6.45, 7) is 0. The molecule has 0 radical (unpaired) electrons. The lowest BCUT2D eigenvalue weighted by Crippen LogP contribution is -2.14. The normalized spacial score (nSPS) is 9.38. The summed E-state index contributed by atoms with van der Waals surface area (Å²) in [7, 11) is -2.42. The van der Waals surface area contributed by atoms with Gasteiger partial charge in [-0.25, -0.2) is 4.32 Å². The second-order valence-corrected chi connectivity index (χ2v) is 2.16. The van der Waals surface area contributed by atoms with Crippen LogP contribution in [0.15, 0.2) is 24.3 Å². The monoisotopic (exact) mass is 185 g/mol. The number of benzene rings is 1. The second kappa shape index (κ2) is 3.86. The van der Waals surface area contributed by atoms with Gasteiger partial charge in [0.1, 0.15) is 5.75 Å². The molecule has 0 heterocycles. The van der Waals surface area contributed by atoms with E-state index in [0.29, 0.717) is 0 Å². The van der Waals surface area contributed by atoms with Crippen LogP contribution in [0.3, 0.4) is 0 Å². The van der Waals surface area contributed by atoms with Crippen LogP contribution in [-0.4, -0.2) is 17.3 Å². The van der Waals surface area contributed by atoms with Crippen molar-refractivity contribution in [2.24, 2.45) is 0 Å². The molecule has 0 aliphatic heterocycles. The van der Waals surface area contributed by atoms with E-state index >= 15 is 0 Å². The number of nitro groups is 1. The number of rotatable bonds is 3. The molecular formula is C6H5BFNO4. The number of non-ortho nitro benzene ring substituents is 1. The third-order valence-electron chi connectivity index (χ3n) is 1.28. The minimum absolute atomic E-state index is 0.0283. The molecule has 0 aromatic heterocycles. The topological polar surface area (TPSA) is 72.6 Å². The van der Waals surface area contributed by atoms with E-state index in [1.54, 1.807) is 0 Å². The summed E-state index contributed by atoms with van der Waals surface area (Å²) >= 11 is 0. The Kier molecular flexibility index (Phi) is 2.81. The van der Waals surface area contributed by atoms with Crippen molar-refractivity contribution in [3.05, 3.63) is 34.4 Å². The van der Waals surface area contributed by atoms with Gasteiger partial charge >= 0.3 is 7.40 Å². The number of nitrogens with zero attached hydrogens (tertiary/aromatic N) is 1. The standard InChI is InChI=1S/C6H5BFNO4/c8-7(10)13-6-3-1-5(2-4-6)9(11)12/h1-4,10H. The highest BCUT2D eigenvalue weighted by molar-refractivity contribution is 6.34. The maximum absolute atomic E-state index is 11.8. The molecule has 68 valence electrons. The lowest BCUT2D eigenvalue weighted by molar-refractivity contribution is -0.384. The smallest absolute Gasteiger partial charge is 0.509 e. The largest absolute Gasteiger partial charge is 0.751 e. The fourth-order valence-electron chi connectivity index (χ4n) is 0.759. The summed E-state index contributed by atoms with van der Waals surface area (Å²) in [5.41, 5.74) is -0.124. The van der Waals surface area contributed by atoms with Crippen LogP contribution in [0, 0.1) is 10.1 Å². The van der Waals surface area contributed by atoms with Crippen LogP contribution < -0.4 is 4.65 Å². The number of hydrogen-bond acceptors (Lipinski definition) is 4. The molecule has 1 aromatic rings. The van der Waals surface area contributed by atoms with Gasteiger partial charge in [-0.2, -0.15) is 0 Å². The minimum atomic E-state index is -2.42. The van der Waals surface area contributed by atoms with Gasteiger partial charge in [-0.15, -0.1) is 0 Å². The number of hydrogen-bond donors (Lipinski definition) is 1. The highest BCUT2D eigenvalue weighted by atomic mass is 19.1. The van der Waals surface area contributed by atoms with Crippen molar-refractivity contribution >= 4 is 13.1 Å². The lowest BCUT2D eigenvalue weighted by atomic mass is 10.2. The minimum Gasteiger partial charge on any atom is -0.509 e. The molecule has 0 aliphatic carbocycles. The van der Waals surface area contributed by atoms with Gasteiger partial charge in [-0.3, -0.25) is 10.1 Å². The molecule has 0 fully saturated rings. The lowest BCUT2D eigenvalue weighted by Gasteiger charge is -2.01. The Morgan fingerprint density at radius 3 is 2.38 bits per heavy atom. The third-order valence-corrected chi connectivity index (χ3v) is 1.28. The third kappa shape index (κ3) is 2.71. The van der Waals surface area contributed by atoms with Gasteiger partial charge in [0.05, 0.1) is 4.92 Å². The summed E-state index contributed by atoms with van der Waals surface area (Å²) in [5.74, 6) is 0.0283. The highest BCUT2D eigenvalue weighted by Gasteiger charge is 2.14. The average Bonchev–Trinajstić information content (AvgIpc) is 2.04. The highest BCUT2D eigenvalue weighted by Crippen LogP contribution is 2.17. The summed E-state index contributed by atoms with van der Waals surface area (Å²) in [6, 6.07) is 4.69. The Morgan fingerprint density at radius 2 is 2.00 bits per heavy atom. The van der Waals surface area contributed by atoms with E-state index in [2.05, 4.69) is 4.65 Å². The zero-order valence-electron chi connectivity index (χ0n) is 6.38. The first-order chi connectivity index (χ1) is 6.09. The van der Waals surface area contributed by atoms with Gasteiger partial charge < -0.3 is 9.68 Å². The molecule has 0 aliphatic rings. The molecule has 1 rings (SSSR count). The van der Waals surface area contributed by atoms with E-state index in [4.69, 9.17) is 5.02 Å². The van der Waals surface area contributed by atoms with Crippen LogP contribution in [0.5, 0.6) is 5.75 Å². The van der Waals surface area contributed by atoms with Crippen LogP contribution in [0.4, 0.5) is 10.0 Å². The first kappa shape index (κ1) is 9.46. The first-order valence-electron chi connectivity index (χ1n) is 3.33. The van der Waals surface area contributed by atoms with E-state index in [9.17, 15) is 14.4 Å². The van der Waals surface area contributed by atoms with Gasteiger partial charge in [0.25, 0.3) is 5.69 Å². The van der Waals surface area contributed by atoms with Crippen molar-refractivity contribution in [3.8, 4) is 5.75 Å². The molecule has 7 heteroatoms. The van der Waals surface area contributed by atoms with E-state index in [0.717, 1.165) is 12.1 Å². The van der Waals surface area contributed by atoms with Crippen LogP contribution in [0.25, 0.3) is 0 Å². The molecule has 0 bridgehead atoms. The zero-order valence-corrected chi connectivity index (χ0v) is 6.38. The van der Waals surface area contributed by atoms with E-state index < -0.39 is 12.3 Å². The van der Waals surface area contributed by atoms with Crippen molar-refractivity contribution in [3.63, 3.8) is 0 Å². The molecule has 0 saturated heterocycles. The predicted octanol–water partition coefficient (Wildman–Crippen LogP) is 0.920. The van der Waals surface area contributed by atoms with Crippen LogP contribution >= 0.6 is 0 Å². The molecule has 13 heavy (non-hydrogen) atoms. The van der Waals surface area contributed by atoms with Crippen LogP contribution in [0.2, 0.25) is 0 Å². The van der Waals surface area contributed by atoms with Crippen molar-refractivity contribution < 1.29 is 18.9 Å². The van der Waals surface area contributed by atoms with Gasteiger partial charge in [0.2, 0.25) is 0 Å². The molecule has 1 aromatic carbocycles. The summed E-state index contributed by atoms with van der Waals surface area (Å²) in [5, 5.41) is 18.3. The molecule has 0 unspecified atom stereocenters. The van der Waals surface area contributed by atoms with Crippen LogP contribution in [0.1, 0.15) is 0 Å². The second-order valence-electron chi connectivity index (χ2n) is 2.16. The first-order valence-corrected chi connectivity index (χ1v) is 3.33. The van der Waals surface area contributed by atoms with Crippen molar-refractivity contribution in [2.45, 2.75) is 0 Å². The number of nitro benzene ring substituents is 1. The fraction of sp³-hybridized carbons (Fsp3) is 0.